The van der Waals surface area contributed by atoms with Crippen molar-refractivity contribution in [1.82, 2.24) is 19.7 Å². The minimum atomic E-state index is 0.804. The predicted octanol–water partition coefficient (Wildman–Crippen LogP) is 5.37. The van der Waals surface area contributed by atoms with E-state index < -0.39 is 0 Å². The molecule has 2 heterocycles. The van der Waals surface area contributed by atoms with Gasteiger partial charge in [-0.3, -0.25) is 4.68 Å². The van der Waals surface area contributed by atoms with Crippen LogP contribution in [0.1, 0.15) is 56.1 Å². The van der Waals surface area contributed by atoms with Crippen molar-refractivity contribution in [2.75, 3.05) is 18.0 Å². The standard InChI is InChI=1S/C23H33N5/c1-8-11-27(12-9-2)23-21-20(24-18(7)25-23)22(28(10-3)26-21)19-16(5)13-15(4)14-17(19)6/h13-14H,8-12H2,1-7H3. The quantitative estimate of drug-likeness (QED) is 0.553. The van der Waals surface area contributed by atoms with Crippen molar-refractivity contribution in [3.8, 4) is 11.3 Å². The number of aromatic nitrogens is 4. The van der Waals surface area contributed by atoms with Gasteiger partial charge < -0.3 is 4.90 Å². The summed E-state index contributed by atoms with van der Waals surface area (Å²) in [6.07, 6.45) is 2.17. The minimum Gasteiger partial charge on any atom is -0.355 e. The lowest BCUT2D eigenvalue weighted by Crippen LogP contribution is -2.26. The third-order valence-electron chi connectivity index (χ3n) is 5.18. The predicted molar refractivity (Wildman–Crippen MR) is 118 cm³/mol. The lowest BCUT2D eigenvalue weighted by atomic mass is 9.96. The summed E-state index contributed by atoms with van der Waals surface area (Å²) in [4.78, 5) is 12.1. The molecule has 0 aliphatic rings. The Morgan fingerprint density at radius 2 is 1.46 bits per heavy atom. The highest BCUT2D eigenvalue weighted by molar-refractivity contribution is 5.97. The van der Waals surface area contributed by atoms with E-state index in [1.165, 1.54) is 22.3 Å². The van der Waals surface area contributed by atoms with Gasteiger partial charge in [0, 0.05) is 25.2 Å². The lowest BCUT2D eigenvalue weighted by molar-refractivity contribution is 0.672. The molecule has 5 heteroatoms. The summed E-state index contributed by atoms with van der Waals surface area (Å²) < 4.78 is 2.10. The number of anilines is 1. The Kier molecular flexibility index (Phi) is 6.01. The van der Waals surface area contributed by atoms with Gasteiger partial charge in [-0.15, -0.1) is 0 Å². The molecular formula is C23H33N5. The molecule has 1 aromatic carbocycles. The number of rotatable bonds is 7. The number of aryl methyl sites for hydroxylation is 5. The van der Waals surface area contributed by atoms with Crippen molar-refractivity contribution < 1.29 is 0 Å². The molecule has 0 aliphatic carbocycles. The Morgan fingerprint density at radius 3 is 2.00 bits per heavy atom. The van der Waals surface area contributed by atoms with Crippen LogP contribution in [-0.2, 0) is 6.54 Å². The molecule has 28 heavy (non-hydrogen) atoms. The van der Waals surface area contributed by atoms with E-state index in [-0.39, 0.29) is 0 Å². The van der Waals surface area contributed by atoms with Crippen LogP contribution >= 0.6 is 0 Å². The maximum atomic E-state index is 4.99. The number of hydrogen-bond donors (Lipinski definition) is 0. The second-order valence-electron chi connectivity index (χ2n) is 7.72. The van der Waals surface area contributed by atoms with Crippen molar-refractivity contribution in [2.24, 2.45) is 0 Å². The number of fused-ring (bicyclic) bond motifs is 1. The highest BCUT2D eigenvalue weighted by atomic mass is 15.3. The molecule has 0 fully saturated rings. The lowest BCUT2D eigenvalue weighted by Gasteiger charge is -2.22. The Labute approximate surface area is 168 Å². The second kappa shape index (κ2) is 8.29. The van der Waals surface area contributed by atoms with E-state index in [1.54, 1.807) is 0 Å². The third-order valence-corrected chi connectivity index (χ3v) is 5.18. The third kappa shape index (κ3) is 3.62. The van der Waals surface area contributed by atoms with Crippen LogP contribution in [0.4, 0.5) is 5.82 Å². The molecule has 3 aromatic rings. The molecule has 0 saturated carbocycles. The summed E-state index contributed by atoms with van der Waals surface area (Å²) in [6, 6.07) is 4.49. The van der Waals surface area contributed by atoms with Crippen molar-refractivity contribution >= 4 is 16.9 Å². The summed E-state index contributed by atoms with van der Waals surface area (Å²) in [7, 11) is 0. The Bertz CT molecular complexity index is 957. The van der Waals surface area contributed by atoms with E-state index in [1.807, 2.05) is 6.92 Å². The fraction of sp³-hybridized carbons (Fsp3) is 0.522. The normalized spacial score (nSPS) is 11.4. The zero-order valence-electron chi connectivity index (χ0n) is 18.4. The highest BCUT2D eigenvalue weighted by Crippen LogP contribution is 2.36. The van der Waals surface area contributed by atoms with Crippen LogP contribution < -0.4 is 4.90 Å². The summed E-state index contributed by atoms with van der Waals surface area (Å²) in [6.45, 7) is 17.8. The highest BCUT2D eigenvalue weighted by Gasteiger charge is 2.23. The smallest absolute Gasteiger partial charge is 0.160 e. The molecule has 150 valence electrons. The van der Waals surface area contributed by atoms with Gasteiger partial charge in [0.1, 0.15) is 11.3 Å². The summed E-state index contributed by atoms with van der Waals surface area (Å²) in [5, 5.41) is 4.99. The first-order chi connectivity index (χ1) is 13.4. The fourth-order valence-corrected chi connectivity index (χ4v) is 4.22. The summed E-state index contributed by atoms with van der Waals surface area (Å²) in [5.74, 6) is 1.78. The molecule has 0 radical (unpaired) electrons. The van der Waals surface area contributed by atoms with Gasteiger partial charge in [-0.2, -0.15) is 5.10 Å². The molecule has 0 amide bonds. The molecule has 0 spiro atoms. The molecule has 0 bridgehead atoms. The van der Waals surface area contributed by atoms with Crippen LogP contribution in [0.2, 0.25) is 0 Å². The SMILES string of the molecule is CCCN(CCC)c1nc(C)nc2c(-c3c(C)cc(C)cc3C)n(CC)nc12. The number of hydrogen-bond acceptors (Lipinski definition) is 4. The monoisotopic (exact) mass is 379 g/mol. The molecule has 0 aliphatic heterocycles. The first kappa shape index (κ1) is 20.3. The van der Waals surface area contributed by atoms with Crippen LogP contribution in [0.5, 0.6) is 0 Å². The van der Waals surface area contributed by atoms with Crippen LogP contribution in [0.25, 0.3) is 22.3 Å². The van der Waals surface area contributed by atoms with Crippen LogP contribution in [0.15, 0.2) is 12.1 Å². The Balaban J connectivity index is 2.34. The zero-order chi connectivity index (χ0) is 20.4. The van der Waals surface area contributed by atoms with Gasteiger partial charge in [-0.1, -0.05) is 31.5 Å². The zero-order valence-corrected chi connectivity index (χ0v) is 18.4. The van der Waals surface area contributed by atoms with Gasteiger partial charge in [0.2, 0.25) is 0 Å². The van der Waals surface area contributed by atoms with Crippen molar-refractivity contribution in [3.63, 3.8) is 0 Å². The van der Waals surface area contributed by atoms with Gasteiger partial charge in [-0.05, 0) is 58.6 Å². The summed E-state index contributed by atoms with van der Waals surface area (Å²) >= 11 is 0. The number of nitrogens with zero attached hydrogens (tertiary/aromatic N) is 5. The average molecular weight is 380 g/mol. The molecule has 5 nitrogen and oxygen atoms in total. The van der Waals surface area contributed by atoms with E-state index in [0.717, 1.165) is 60.8 Å². The number of benzene rings is 1. The van der Waals surface area contributed by atoms with Crippen molar-refractivity contribution in [2.45, 2.75) is 67.9 Å². The van der Waals surface area contributed by atoms with Gasteiger partial charge in [0.05, 0.1) is 5.69 Å². The van der Waals surface area contributed by atoms with Crippen LogP contribution in [0.3, 0.4) is 0 Å². The van der Waals surface area contributed by atoms with Gasteiger partial charge in [0.25, 0.3) is 0 Å². The van der Waals surface area contributed by atoms with Gasteiger partial charge in [0.15, 0.2) is 11.3 Å². The second-order valence-corrected chi connectivity index (χ2v) is 7.72. The minimum absolute atomic E-state index is 0.804. The Morgan fingerprint density at radius 1 is 0.857 bits per heavy atom. The average Bonchev–Trinajstić information content (AvgIpc) is 2.98. The maximum absolute atomic E-state index is 4.99. The van der Waals surface area contributed by atoms with E-state index in [9.17, 15) is 0 Å². The van der Waals surface area contributed by atoms with Crippen molar-refractivity contribution in [3.05, 3.63) is 34.6 Å². The van der Waals surface area contributed by atoms with Crippen molar-refractivity contribution in [1.29, 1.82) is 0 Å². The van der Waals surface area contributed by atoms with E-state index in [2.05, 4.69) is 63.3 Å². The van der Waals surface area contributed by atoms with Gasteiger partial charge >= 0.3 is 0 Å². The molecule has 2 aromatic heterocycles. The van der Waals surface area contributed by atoms with Crippen LogP contribution in [-0.4, -0.2) is 32.8 Å². The fourth-order valence-electron chi connectivity index (χ4n) is 4.22. The maximum Gasteiger partial charge on any atom is 0.160 e. The Hall–Kier alpha value is -2.43. The molecule has 0 unspecified atom stereocenters. The molecular weight excluding hydrogens is 346 g/mol. The first-order valence-electron chi connectivity index (χ1n) is 10.5. The molecule has 3 rings (SSSR count). The largest absolute Gasteiger partial charge is 0.355 e. The van der Waals surface area contributed by atoms with Crippen LogP contribution in [0, 0.1) is 27.7 Å². The van der Waals surface area contributed by atoms with E-state index in [0.29, 0.717) is 0 Å². The molecule has 0 atom stereocenters. The topological polar surface area (TPSA) is 46.8 Å². The summed E-state index contributed by atoms with van der Waals surface area (Å²) in [5.41, 5.74) is 8.08. The first-order valence-corrected chi connectivity index (χ1v) is 10.5. The molecule has 0 saturated heterocycles. The molecule has 0 N–H and O–H groups in total. The van der Waals surface area contributed by atoms with E-state index in [4.69, 9.17) is 15.1 Å². The van der Waals surface area contributed by atoms with E-state index >= 15 is 0 Å². The van der Waals surface area contributed by atoms with Gasteiger partial charge in [-0.25, -0.2) is 9.97 Å².